The summed E-state index contributed by atoms with van der Waals surface area (Å²) in [5, 5.41) is 0. The van der Waals surface area contributed by atoms with E-state index in [-0.39, 0.29) is 18.1 Å². The van der Waals surface area contributed by atoms with Crippen LogP contribution in [0.15, 0.2) is 48.0 Å². The lowest BCUT2D eigenvalue weighted by atomic mass is 10.0. The van der Waals surface area contributed by atoms with Crippen molar-refractivity contribution in [2.45, 2.75) is 58.8 Å². The third-order valence-electron chi connectivity index (χ3n) is 5.53. The maximum absolute atomic E-state index is 13.2. The zero-order valence-corrected chi connectivity index (χ0v) is 22.2. The van der Waals surface area contributed by atoms with Gasteiger partial charge in [-0.2, -0.15) is 0 Å². The Morgan fingerprint density at radius 2 is 1.73 bits per heavy atom. The molecular formula is C29H34NO7. The van der Waals surface area contributed by atoms with Crippen LogP contribution in [0.2, 0.25) is 0 Å². The largest absolute Gasteiger partial charge is 0.491 e. The second-order valence-corrected chi connectivity index (χ2v) is 9.93. The Hall–Kier alpha value is -3.65. The average Bonchev–Trinajstić information content (AvgIpc) is 3.01. The zero-order chi connectivity index (χ0) is 27.2. The minimum atomic E-state index is -1.07. The summed E-state index contributed by atoms with van der Waals surface area (Å²) in [4.78, 5) is 38.9. The molecule has 0 aromatic heterocycles. The van der Waals surface area contributed by atoms with Crippen LogP contribution >= 0.6 is 0 Å². The Morgan fingerprint density at radius 3 is 2.32 bits per heavy atom. The van der Waals surface area contributed by atoms with Crippen molar-refractivity contribution in [2.24, 2.45) is 0 Å². The number of carbonyl (C=O) groups is 2. The summed E-state index contributed by atoms with van der Waals surface area (Å²) in [5.74, 6) is 0.0685. The monoisotopic (exact) mass is 508 g/mol. The Bertz CT molecular complexity index is 1150. The molecule has 0 bridgehead atoms. The van der Waals surface area contributed by atoms with E-state index in [9.17, 15) is 14.4 Å². The smallest absolute Gasteiger partial charge is 0.415 e. The van der Waals surface area contributed by atoms with Gasteiger partial charge in [-0.25, -0.2) is 9.59 Å². The van der Waals surface area contributed by atoms with E-state index in [0.717, 1.165) is 16.9 Å². The van der Waals surface area contributed by atoms with Gasteiger partial charge >= 0.3 is 12.1 Å². The molecule has 0 N–H and O–H groups in total. The van der Waals surface area contributed by atoms with Crippen LogP contribution in [0.1, 0.15) is 46.6 Å². The van der Waals surface area contributed by atoms with Crippen molar-refractivity contribution in [1.82, 2.24) is 0 Å². The second-order valence-electron chi connectivity index (χ2n) is 9.93. The minimum absolute atomic E-state index is 0.0496. The molecule has 0 saturated carbocycles. The Kier molecular flexibility index (Phi) is 9.10. The van der Waals surface area contributed by atoms with Gasteiger partial charge in [-0.05, 0) is 81.7 Å². The summed E-state index contributed by atoms with van der Waals surface area (Å²) >= 11 is 0. The molecule has 2 aromatic rings. The van der Waals surface area contributed by atoms with Gasteiger partial charge in [0.2, 0.25) is 6.29 Å². The first-order valence-corrected chi connectivity index (χ1v) is 12.2. The van der Waals surface area contributed by atoms with Crippen LogP contribution < -0.4 is 9.64 Å². The maximum atomic E-state index is 13.2. The van der Waals surface area contributed by atoms with Crippen molar-refractivity contribution in [3.63, 3.8) is 0 Å². The number of nitrogens with zero attached hydrogens (tertiary/aromatic N) is 1. The fourth-order valence-electron chi connectivity index (χ4n) is 3.90. The van der Waals surface area contributed by atoms with E-state index in [0.29, 0.717) is 24.5 Å². The van der Waals surface area contributed by atoms with Crippen molar-refractivity contribution < 1.29 is 33.3 Å². The van der Waals surface area contributed by atoms with Crippen LogP contribution in [-0.2, 0) is 23.8 Å². The van der Waals surface area contributed by atoms with Crippen LogP contribution in [0.3, 0.4) is 0 Å². The lowest BCUT2D eigenvalue weighted by molar-refractivity contribution is -0.142. The Labute approximate surface area is 218 Å². The first-order valence-electron chi connectivity index (χ1n) is 12.2. The van der Waals surface area contributed by atoms with E-state index in [1.807, 2.05) is 56.5 Å². The summed E-state index contributed by atoms with van der Waals surface area (Å²) in [6.07, 6.45) is 2.93. The number of rotatable bonds is 8. The van der Waals surface area contributed by atoms with Crippen molar-refractivity contribution in [3.05, 3.63) is 53.6 Å². The second kappa shape index (κ2) is 12.1. The predicted octanol–water partition coefficient (Wildman–Crippen LogP) is 5.34. The van der Waals surface area contributed by atoms with Gasteiger partial charge in [0.25, 0.3) is 0 Å². The van der Waals surface area contributed by atoms with Gasteiger partial charge in [-0.3, -0.25) is 9.69 Å². The summed E-state index contributed by atoms with van der Waals surface area (Å²) < 4.78 is 21.8. The fraction of sp³-hybridized carbons (Fsp3) is 0.414. The molecule has 1 amide bonds. The molecule has 0 saturated heterocycles. The molecule has 1 radical (unpaired) electrons. The number of hydrogen-bond donors (Lipinski definition) is 0. The summed E-state index contributed by atoms with van der Waals surface area (Å²) in [6.45, 7) is 10.1. The number of carbonyl (C=O) groups excluding carboxylic acids is 3. The summed E-state index contributed by atoms with van der Waals surface area (Å²) in [6, 6.07) is 12.0. The number of hydrogen-bond acceptors (Lipinski definition) is 7. The fourth-order valence-corrected chi connectivity index (χ4v) is 3.90. The topological polar surface area (TPSA) is 91.4 Å². The minimum Gasteiger partial charge on any atom is -0.491 e. The number of esters is 1. The molecule has 1 unspecified atom stereocenters. The molecule has 0 fully saturated rings. The van der Waals surface area contributed by atoms with Crippen molar-refractivity contribution in [1.29, 1.82) is 0 Å². The molecule has 8 heteroatoms. The molecule has 37 heavy (non-hydrogen) atoms. The highest BCUT2D eigenvalue weighted by Gasteiger charge is 2.38. The number of fused-ring (bicyclic) bond motifs is 1. The molecule has 1 aliphatic rings. The molecule has 1 aliphatic heterocycles. The number of amides is 1. The standard InChI is InChI=1S/C29H34NO7/c1-19(2)35-13-14-36-24-10-7-21(8-11-24)22-9-12-25-23(17-22)15-20(18-31)16-26(27(32)34-6)30(25)28(33)37-29(3,4)5/h7-12,15,17,19,26H,13-14,16H2,1-6H3. The highest BCUT2D eigenvalue weighted by atomic mass is 16.6. The molecule has 1 heterocycles. The Balaban J connectivity index is 1.95. The highest BCUT2D eigenvalue weighted by molar-refractivity contribution is 6.01. The van der Waals surface area contributed by atoms with Gasteiger partial charge < -0.3 is 18.9 Å². The van der Waals surface area contributed by atoms with E-state index < -0.39 is 23.7 Å². The van der Waals surface area contributed by atoms with E-state index in [4.69, 9.17) is 18.9 Å². The molecule has 0 aliphatic carbocycles. The first kappa shape index (κ1) is 27.9. The molecule has 8 nitrogen and oxygen atoms in total. The summed E-state index contributed by atoms with van der Waals surface area (Å²) in [7, 11) is 1.24. The Morgan fingerprint density at radius 1 is 1.05 bits per heavy atom. The van der Waals surface area contributed by atoms with Crippen molar-refractivity contribution >= 4 is 30.1 Å². The highest BCUT2D eigenvalue weighted by Crippen LogP contribution is 2.36. The van der Waals surface area contributed by atoms with Crippen LogP contribution in [0, 0.1) is 0 Å². The molecule has 197 valence electrons. The molecular weight excluding hydrogens is 474 g/mol. The van der Waals surface area contributed by atoms with Gasteiger partial charge in [0.05, 0.1) is 25.5 Å². The first-order chi connectivity index (χ1) is 17.5. The zero-order valence-electron chi connectivity index (χ0n) is 22.2. The van der Waals surface area contributed by atoms with Gasteiger partial charge in [-0.1, -0.05) is 18.2 Å². The normalized spacial score (nSPS) is 15.4. The van der Waals surface area contributed by atoms with Crippen LogP contribution in [0.25, 0.3) is 17.2 Å². The van der Waals surface area contributed by atoms with Gasteiger partial charge in [-0.15, -0.1) is 0 Å². The van der Waals surface area contributed by atoms with Gasteiger partial charge in [0, 0.05) is 12.0 Å². The number of ether oxygens (including phenoxy) is 4. The van der Waals surface area contributed by atoms with Crippen LogP contribution in [-0.4, -0.2) is 56.4 Å². The maximum Gasteiger partial charge on any atom is 0.415 e. The van der Waals surface area contributed by atoms with Gasteiger partial charge in [0.1, 0.15) is 24.0 Å². The van der Waals surface area contributed by atoms with E-state index in [1.165, 1.54) is 12.0 Å². The van der Waals surface area contributed by atoms with Crippen LogP contribution in [0.5, 0.6) is 5.75 Å². The molecule has 1 atom stereocenters. The molecule has 2 aromatic carbocycles. The number of anilines is 1. The lowest BCUT2D eigenvalue weighted by Gasteiger charge is -2.32. The van der Waals surface area contributed by atoms with Crippen molar-refractivity contribution in [3.8, 4) is 16.9 Å². The quantitative estimate of drug-likeness (QED) is 0.351. The SMILES string of the molecule is COC(=O)C1CC([C]=O)=Cc2cc(-c3ccc(OCCOC(C)C)cc3)ccc2N1C(=O)OC(C)(C)C. The van der Waals surface area contributed by atoms with Crippen LogP contribution in [0.4, 0.5) is 10.5 Å². The number of methoxy groups -OCH3 is 1. The van der Waals surface area contributed by atoms with E-state index in [1.54, 1.807) is 32.9 Å². The summed E-state index contributed by atoms with van der Waals surface area (Å²) in [5.41, 5.74) is 2.24. The third-order valence-corrected chi connectivity index (χ3v) is 5.53. The predicted molar refractivity (Wildman–Crippen MR) is 141 cm³/mol. The molecule has 0 spiro atoms. The van der Waals surface area contributed by atoms with Gasteiger partial charge in [0.15, 0.2) is 0 Å². The van der Waals surface area contributed by atoms with Crippen molar-refractivity contribution in [2.75, 3.05) is 25.2 Å². The average molecular weight is 509 g/mol. The van der Waals surface area contributed by atoms with E-state index >= 15 is 0 Å². The molecule has 3 rings (SSSR count). The number of benzene rings is 2. The lowest BCUT2D eigenvalue weighted by Crippen LogP contribution is -2.48. The third kappa shape index (κ3) is 7.43. The van der Waals surface area contributed by atoms with E-state index in [2.05, 4.69) is 0 Å².